The molecule has 3 aromatic rings. The molecule has 1 saturated carbocycles. The van der Waals surface area contributed by atoms with E-state index in [9.17, 15) is 0 Å². The van der Waals surface area contributed by atoms with Crippen molar-refractivity contribution in [2.45, 2.75) is 18.9 Å². The number of nitrogens with zero attached hydrogens (tertiary/aromatic N) is 2. The highest BCUT2D eigenvalue weighted by Crippen LogP contribution is 2.42. The molecule has 20 heavy (non-hydrogen) atoms. The van der Waals surface area contributed by atoms with Gasteiger partial charge in [0.1, 0.15) is 5.15 Å². The number of aromatic nitrogens is 2. The third-order valence-corrected chi connectivity index (χ3v) is 4.63. The smallest absolute Gasteiger partial charge is 0.129 e. The van der Waals surface area contributed by atoms with Crippen molar-refractivity contribution in [3.8, 4) is 11.1 Å². The number of fused-ring (bicyclic) bond motifs is 1. The topological polar surface area (TPSA) is 17.8 Å². The van der Waals surface area contributed by atoms with Crippen molar-refractivity contribution >= 4 is 38.4 Å². The molecule has 0 bridgehead atoms. The summed E-state index contributed by atoms with van der Waals surface area (Å²) in [5.74, 6) is 0. The first kappa shape index (κ1) is 12.4. The van der Waals surface area contributed by atoms with Gasteiger partial charge in [0.25, 0.3) is 0 Å². The number of benzene rings is 1. The molecule has 2 aromatic heterocycles. The van der Waals surface area contributed by atoms with Crippen molar-refractivity contribution < 1.29 is 0 Å². The molecule has 1 fully saturated rings. The Balaban J connectivity index is 2.02. The van der Waals surface area contributed by atoms with Crippen LogP contribution in [0.5, 0.6) is 0 Å². The molecular formula is C16H12BrClN2. The molecule has 2 nitrogen and oxygen atoms in total. The lowest BCUT2D eigenvalue weighted by Gasteiger charge is -2.03. The molecule has 0 saturated heterocycles. The molecule has 1 aromatic carbocycles. The van der Waals surface area contributed by atoms with Crippen molar-refractivity contribution in [2.75, 3.05) is 0 Å². The number of pyridine rings is 1. The van der Waals surface area contributed by atoms with Gasteiger partial charge in [0.15, 0.2) is 0 Å². The van der Waals surface area contributed by atoms with E-state index in [1.54, 1.807) is 6.20 Å². The zero-order chi connectivity index (χ0) is 13.7. The van der Waals surface area contributed by atoms with Crippen LogP contribution in [0, 0.1) is 0 Å². The standard InChI is InChI=1S/C16H12BrClN2/c17-14-8-19-16(18)7-12(14)13-9-20(10-5-6-10)15-4-2-1-3-11(13)15/h1-4,7-10H,5-6H2. The fraction of sp³-hybridized carbons (Fsp3) is 0.188. The van der Waals surface area contributed by atoms with Crippen molar-refractivity contribution in [3.63, 3.8) is 0 Å². The van der Waals surface area contributed by atoms with E-state index in [0.29, 0.717) is 11.2 Å². The van der Waals surface area contributed by atoms with Crippen molar-refractivity contribution in [1.29, 1.82) is 0 Å². The van der Waals surface area contributed by atoms with Crippen LogP contribution in [0.15, 0.2) is 47.2 Å². The van der Waals surface area contributed by atoms with E-state index in [1.807, 2.05) is 6.07 Å². The molecule has 0 aliphatic heterocycles. The minimum atomic E-state index is 0.520. The molecule has 0 radical (unpaired) electrons. The van der Waals surface area contributed by atoms with Gasteiger partial charge in [0.2, 0.25) is 0 Å². The maximum atomic E-state index is 6.06. The van der Waals surface area contributed by atoms with Gasteiger partial charge in [-0.25, -0.2) is 4.98 Å². The SMILES string of the molecule is Clc1cc(-c2cn(C3CC3)c3ccccc23)c(Br)cn1. The largest absolute Gasteiger partial charge is 0.344 e. The van der Waals surface area contributed by atoms with Crippen LogP contribution in [0.2, 0.25) is 5.15 Å². The molecule has 2 heterocycles. The van der Waals surface area contributed by atoms with E-state index in [2.05, 4.69) is 55.9 Å². The summed E-state index contributed by atoms with van der Waals surface area (Å²) in [6, 6.07) is 11.1. The van der Waals surface area contributed by atoms with E-state index < -0.39 is 0 Å². The molecule has 0 unspecified atom stereocenters. The lowest BCUT2D eigenvalue weighted by Crippen LogP contribution is -1.89. The third kappa shape index (κ3) is 1.97. The lowest BCUT2D eigenvalue weighted by molar-refractivity contribution is 0.776. The molecule has 0 spiro atoms. The summed E-state index contributed by atoms with van der Waals surface area (Å²) < 4.78 is 3.37. The first-order valence-electron chi connectivity index (χ1n) is 6.65. The molecule has 0 N–H and O–H groups in total. The van der Waals surface area contributed by atoms with Gasteiger partial charge in [-0.2, -0.15) is 0 Å². The summed E-state index contributed by atoms with van der Waals surface area (Å²) >= 11 is 9.65. The van der Waals surface area contributed by atoms with Gasteiger partial charge in [-0.15, -0.1) is 0 Å². The molecular weight excluding hydrogens is 336 g/mol. The zero-order valence-electron chi connectivity index (χ0n) is 10.7. The van der Waals surface area contributed by atoms with Crippen molar-refractivity contribution in [1.82, 2.24) is 9.55 Å². The fourth-order valence-electron chi connectivity index (χ4n) is 2.69. The van der Waals surface area contributed by atoms with E-state index >= 15 is 0 Å². The van der Waals surface area contributed by atoms with E-state index in [0.717, 1.165) is 10.0 Å². The van der Waals surface area contributed by atoms with Crippen LogP contribution < -0.4 is 0 Å². The highest BCUT2D eigenvalue weighted by atomic mass is 79.9. The Labute approximate surface area is 130 Å². The quantitative estimate of drug-likeness (QED) is 0.563. The summed E-state index contributed by atoms with van der Waals surface area (Å²) in [5, 5.41) is 1.79. The monoisotopic (exact) mass is 346 g/mol. The van der Waals surface area contributed by atoms with Crippen LogP contribution in [-0.2, 0) is 0 Å². The Morgan fingerprint density at radius 2 is 2.00 bits per heavy atom. The predicted octanol–water partition coefficient (Wildman–Crippen LogP) is 5.45. The number of hydrogen-bond acceptors (Lipinski definition) is 1. The van der Waals surface area contributed by atoms with Gasteiger partial charge in [0.05, 0.1) is 0 Å². The number of hydrogen-bond donors (Lipinski definition) is 0. The van der Waals surface area contributed by atoms with E-state index in [4.69, 9.17) is 11.6 Å². The van der Waals surface area contributed by atoms with Crippen LogP contribution in [-0.4, -0.2) is 9.55 Å². The first-order valence-corrected chi connectivity index (χ1v) is 7.82. The number of halogens is 2. The van der Waals surface area contributed by atoms with Gasteiger partial charge in [-0.3, -0.25) is 0 Å². The summed E-state index contributed by atoms with van der Waals surface area (Å²) in [6.07, 6.45) is 6.56. The predicted molar refractivity (Wildman–Crippen MR) is 86.2 cm³/mol. The molecule has 1 aliphatic carbocycles. The van der Waals surface area contributed by atoms with Gasteiger partial charge in [0, 0.05) is 44.9 Å². The van der Waals surface area contributed by atoms with E-state index in [-0.39, 0.29) is 0 Å². The highest BCUT2D eigenvalue weighted by Gasteiger charge is 2.26. The van der Waals surface area contributed by atoms with Crippen molar-refractivity contribution in [3.05, 3.63) is 52.4 Å². The lowest BCUT2D eigenvalue weighted by atomic mass is 10.1. The van der Waals surface area contributed by atoms with Crippen molar-refractivity contribution in [2.24, 2.45) is 0 Å². The number of para-hydroxylation sites is 1. The minimum absolute atomic E-state index is 0.520. The van der Waals surface area contributed by atoms with Crippen LogP contribution in [0.1, 0.15) is 18.9 Å². The van der Waals surface area contributed by atoms with Crippen LogP contribution in [0.4, 0.5) is 0 Å². The molecule has 100 valence electrons. The van der Waals surface area contributed by atoms with Gasteiger partial charge in [-0.05, 0) is 40.9 Å². The molecule has 1 aliphatic rings. The summed E-state index contributed by atoms with van der Waals surface area (Å²) in [5.41, 5.74) is 3.61. The second kappa shape index (κ2) is 4.61. The molecule has 0 amide bonds. The second-order valence-electron chi connectivity index (χ2n) is 5.19. The maximum Gasteiger partial charge on any atom is 0.129 e. The van der Waals surface area contributed by atoms with Gasteiger partial charge in [-0.1, -0.05) is 29.8 Å². The third-order valence-electron chi connectivity index (χ3n) is 3.79. The Morgan fingerprint density at radius 1 is 1.20 bits per heavy atom. The average molecular weight is 348 g/mol. The summed E-state index contributed by atoms with van der Waals surface area (Å²) in [6.45, 7) is 0. The fourth-order valence-corrected chi connectivity index (χ4v) is 3.28. The Kier molecular flexibility index (Phi) is 2.86. The molecule has 0 atom stereocenters. The molecule has 4 rings (SSSR count). The summed E-state index contributed by atoms with van der Waals surface area (Å²) in [4.78, 5) is 4.11. The Bertz CT molecular complexity index is 805. The van der Waals surface area contributed by atoms with Gasteiger partial charge >= 0.3 is 0 Å². The minimum Gasteiger partial charge on any atom is -0.344 e. The van der Waals surface area contributed by atoms with Gasteiger partial charge < -0.3 is 4.57 Å². The second-order valence-corrected chi connectivity index (χ2v) is 6.43. The first-order chi connectivity index (χ1) is 9.74. The Hall–Kier alpha value is -1.32. The maximum absolute atomic E-state index is 6.06. The van der Waals surface area contributed by atoms with Crippen LogP contribution >= 0.6 is 27.5 Å². The van der Waals surface area contributed by atoms with Crippen LogP contribution in [0.3, 0.4) is 0 Å². The molecule has 4 heteroatoms. The van der Waals surface area contributed by atoms with Crippen LogP contribution in [0.25, 0.3) is 22.0 Å². The normalized spacial score (nSPS) is 14.9. The Morgan fingerprint density at radius 3 is 2.80 bits per heavy atom. The zero-order valence-corrected chi connectivity index (χ0v) is 13.0. The van der Waals surface area contributed by atoms with E-state index in [1.165, 1.54) is 29.3 Å². The number of rotatable bonds is 2. The highest BCUT2D eigenvalue weighted by molar-refractivity contribution is 9.10. The summed E-state index contributed by atoms with van der Waals surface area (Å²) in [7, 11) is 0. The average Bonchev–Trinajstić information content (AvgIpc) is 3.23.